The molecular formula is C8H4Cl2N2O2. The van der Waals surface area contributed by atoms with Crippen LogP contribution in [-0.2, 0) is 0 Å². The summed E-state index contributed by atoms with van der Waals surface area (Å²) in [5.41, 5.74) is 0.322. The van der Waals surface area contributed by atoms with Crippen molar-refractivity contribution >= 4 is 34.8 Å². The second-order valence-electron chi connectivity index (χ2n) is 2.67. The van der Waals surface area contributed by atoms with E-state index < -0.39 is 5.97 Å². The second-order valence-corrected chi connectivity index (χ2v) is 3.51. The van der Waals surface area contributed by atoms with Gasteiger partial charge in [-0.3, -0.25) is 0 Å². The molecule has 2 heterocycles. The Labute approximate surface area is 88.7 Å². The lowest BCUT2D eigenvalue weighted by Crippen LogP contribution is -1.94. The number of hydrogen-bond acceptors (Lipinski definition) is 2. The summed E-state index contributed by atoms with van der Waals surface area (Å²) in [4.78, 5) is 14.4. The van der Waals surface area contributed by atoms with E-state index in [1.165, 1.54) is 16.7 Å². The van der Waals surface area contributed by atoms with Gasteiger partial charge in [0.2, 0.25) is 0 Å². The molecule has 0 fully saturated rings. The minimum Gasteiger partial charge on any atom is -0.476 e. The minimum absolute atomic E-state index is 0.0610. The summed E-state index contributed by atoms with van der Waals surface area (Å²) in [6, 6.07) is 1.51. The average molecular weight is 231 g/mol. The van der Waals surface area contributed by atoms with Crippen LogP contribution in [0.3, 0.4) is 0 Å². The number of fused-ring (bicyclic) bond motifs is 1. The van der Waals surface area contributed by atoms with Gasteiger partial charge in [-0.1, -0.05) is 23.2 Å². The summed E-state index contributed by atoms with van der Waals surface area (Å²) < 4.78 is 1.48. The van der Waals surface area contributed by atoms with E-state index in [1.54, 1.807) is 6.20 Å². The van der Waals surface area contributed by atoms with Crippen molar-refractivity contribution in [3.63, 3.8) is 0 Å². The maximum Gasteiger partial charge on any atom is 0.356 e. The highest BCUT2D eigenvalue weighted by molar-refractivity contribution is 6.36. The Balaban J connectivity index is 2.76. The first-order chi connectivity index (χ1) is 6.58. The van der Waals surface area contributed by atoms with Crippen LogP contribution in [0.1, 0.15) is 10.5 Å². The summed E-state index contributed by atoms with van der Waals surface area (Å²) in [5.74, 6) is -1.10. The highest BCUT2D eigenvalue weighted by Crippen LogP contribution is 2.21. The molecule has 0 amide bonds. The fourth-order valence-corrected chi connectivity index (χ4v) is 1.66. The van der Waals surface area contributed by atoms with Crippen LogP contribution >= 0.6 is 23.2 Å². The van der Waals surface area contributed by atoms with Gasteiger partial charge in [0.25, 0.3) is 0 Å². The van der Waals surface area contributed by atoms with Crippen LogP contribution in [0.2, 0.25) is 10.0 Å². The molecule has 0 spiro atoms. The van der Waals surface area contributed by atoms with Crippen molar-refractivity contribution in [2.75, 3.05) is 0 Å². The Kier molecular flexibility index (Phi) is 2.09. The van der Waals surface area contributed by atoms with Gasteiger partial charge in [0.15, 0.2) is 11.3 Å². The normalized spacial score (nSPS) is 10.7. The zero-order chi connectivity index (χ0) is 10.3. The van der Waals surface area contributed by atoms with Gasteiger partial charge >= 0.3 is 5.97 Å². The number of halogens is 2. The predicted molar refractivity (Wildman–Crippen MR) is 52.2 cm³/mol. The number of aromatic nitrogens is 2. The van der Waals surface area contributed by atoms with Crippen molar-refractivity contribution in [2.24, 2.45) is 0 Å². The first kappa shape index (κ1) is 9.30. The van der Waals surface area contributed by atoms with Gasteiger partial charge in [0, 0.05) is 12.4 Å². The van der Waals surface area contributed by atoms with Gasteiger partial charge in [-0.05, 0) is 6.07 Å². The van der Waals surface area contributed by atoms with Crippen LogP contribution in [-0.4, -0.2) is 20.5 Å². The molecule has 2 aromatic rings. The molecule has 0 saturated heterocycles. The molecule has 0 aliphatic rings. The number of nitrogens with zero attached hydrogens (tertiary/aromatic N) is 2. The predicted octanol–water partition coefficient (Wildman–Crippen LogP) is 2.34. The van der Waals surface area contributed by atoms with Gasteiger partial charge in [0.05, 0.1) is 10.0 Å². The Bertz CT molecular complexity index is 521. The molecule has 0 bridgehead atoms. The smallest absolute Gasteiger partial charge is 0.356 e. The first-order valence-corrected chi connectivity index (χ1v) is 4.40. The molecule has 1 N–H and O–H groups in total. The molecule has 0 atom stereocenters. The number of carbonyl (C=O) groups is 1. The molecule has 2 rings (SSSR count). The lowest BCUT2D eigenvalue weighted by molar-refractivity contribution is 0.0691. The maximum absolute atomic E-state index is 10.6. The number of imidazole rings is 1. The molecule has 4 nitrogen and oxygen atoms in total. The number of hydrogen-bond donors (Lipinski definition) is 1. The molecule has 0 aromatic carbocycles. The molecule has 0 radical (unpaired) electrons. The van der Waals surface area contributed by atoms with Crippen LogP contribution < -0.4 is 0 Å². The van der Waals surface area contributed by atoms with E-state index in [0.29, 0.717) is 15.7 Å². The highest BCUT2D eigenvalue weighted by Gasteiger charge is 2.11. The third-order valence-electron chi connectivity index (χ3n) is 1.69. The number of carboxylic acid groups (broad SMARTS) is 1. The van der Waals surface area contributed by atoms with E-state index in [1.807, 2.05) is 0 Å². The van der Waals surface area contributed by atoms with Crippen molar-refractivity contribution in [1.29, 1.82) is 0 Å². The molecule has 6 heteroatoms. The number of carboxylic acids is 1. The van der Waals surface area contributed by atoms with Crippen molar-refractivity contribution < 1.29 is 9.90 Å². The fourth-order valence-electron chi connectivity index (χ4n) is 1.13. The van der Waals surface area contributed by atoms with Crippen molar-refractivity contribution in [3.05, 3.63) is 34.2 Å². The van der Waals surface area contributed by atoms with Gasteiger partial charge < -0.3 is 9.51 Å². The maximum atomic E-state index is 10.6. The van der Waals surface area contributed by atoms with Crippen molar-refractivity contribution in [1.82, 2.24) is 9.38 Å². The Morgan fingerprint density at radius 2 is 2.14 bits per heavy atom. The van der Waals surface area contributed by atoms with Gasteiger partial charge in [-0.25, -0.2) is 9.78 Å². The molecular weight excluding hydrogens is 227 g/mol. The van der Waals surface area contributed by atoms with Crippen LogP contribution in [0.25, 0.3) is 5.65 Å². The Morgan fingerprint density at radius 1 is 1.43 bits per heavy atom. The summed E-state index contributed by atoms with van der Waals surface area (Å²) in [6.45, 7) is 0. The van der Waals surface area contributed by atoms with Crippen LogP contribution in [0.5, 0.6) is 0 Å². The van der Waals surface area contributed by atoms with Crippen LogP contribution in [0.15, 0.2) is 18.5 Å². The molecule has 72 valence electrons. The second kappa shape index (κ2) is 3.15. The Morgan fingerprint density at radius 3 is 2.79 bits per heavy atom. The van der Waals surface area contributed by atoms with Gasteiger partial charge in [-0.15, -0.1) is 0 Å². The molecule has 0 unspecified atom stereocenters. The van der Waals surface area contributed by atoms with E-state index in [0.717, 1.165) is 0 Å². The highest BCUT2D eigenvalue weighted by atomic mass is 35.5. The zero-order valence-electron chi connectivity index (χ0n) is 6.74. The van der Waals surface area contributed by atoms with Crippen molar-refractivity contribution in [2.45, 2.75) is 0 Å². The lowest BCUT2D eigenvalue weighted by atomic mass is 10.5. The van der Waals surface area contributed by atoms with E-state index in [-0.39, 0.29) is 5.69 Å². The van der Waals surface area contributed by atoms with Gasteiger partial charge in [-0.2, -0.15) is 0 Å². The summed E-state index contributed by atoms with van der Waals surface area (Å²) >= 11 is 11.6. The van der Waals surface area contributed by atoms with E-state index >= 15 is 0 Å². The first-order valence-electron chi connectivity index (χ1n) is 3.65. The molecule has 0 aliphatic heterocycles. The number of rotatable bonds is 1. The van der Waals surface area contributed by atoms with Crippen LogP contribution in [0, 0.1) is 0 Å². The number of pyridine rings is 1. The quantitative estimate of drug-likeness (QED) is 0.819. The SMILES string of the molecule is O=C(O)c1cn2cc(Cl)cc(Cl)c2n1. The van der Waals surface area contributed by atoms with Crippen molar-refractivity contribution in [3.8, 4) is 0 Å². The standard InChI is InChI=1S/C8H4Cl2N2O2/c9-4-1-5(10)7-11-6(8(13)14)3-12(7)2-4/h1-3H,(H,13,14). The summed E-state index contributed by atoms with van der Waals surface area (Å²) in [5, 5.41) is 9.45. The van der Waals surface area contributed by atoms with E-state index in [2.05, 4.69) is 4.98 Å². The largest absolute Gasteiger partial charge is 0.476 e. The topological polar surface area (TPSA) is 54.6 Å². The average Bonchev–Trinajstić information content (AvgIpc) is 2.47. The molecule has 0 aliphatic carbocycles. The third-order valence-corrected chi connectivity index (χ3v) is 2.18. The monoisotopic (exact) mass is 230 g/mol. The molecule has 0 saturated carbocycles. The summed E-state index contributed by atoms with van der Waals surface area (Å²) in [6.07, 6.45) is 2.90. The molecule has 2 aromatic heterocycles. The molecule has 14 heavy (non-hydrogen) atoms. The minimum atomic E-state index is -1.10. The fraction of sp³-hybridized carbons (Fsp3) is 0. The zero-order valence-corrected chi connectivity index (χ0v) is 8.25. The van der Waals surface area contributed by atoms with E-state index in [4.69, 9.17) is 28.3 Å². The van der Waals surface area contributed by atoms with Crippen LogP contribution in [0.4, 0.5) is 0 Å². The van der Waals surface area contributed by atoms with Gasteiger partial charge in [0.1, 0.15) is 0 Å². The lowest BCUT2D eigenvalue weighted by Gasteiger charge is -1.95. The third kappa shape index (κ3) is 1.42. The van der Waals surface area contributed by atoms with E-state index in [9.17, 15) is 4.79 Å². The number of aromatic carboxylic acids is 1. The Hall–Kier alpha value is -1.26. The summed E-state index contributed by atoms with van der Waals surface area (Å²) in [7, 11) is 0.